The van der Waals surface area contributed by atoms with Crippen LogP contribution in [0.4, 0.5) is 0 Å². The van der Waals surface area contributed by atoms with Gasteiger partial charge in [0.05, 0.1) is 7.11 Å². The molecule has 206 valence electrons. The number of aryl methyl sites for hydroxylation is 2. The lowest BCUT2D eigenvalue weighted by Gasteiger charge is -2.50. The molecule has 5 nitrogen and oxygen atoms in total. The summed E-state index contributed by atoms with van der Waals surface area (Å²) in [6.45, 7) is 5.01. The number of aromatic amines is 1. The lowest BCUT2D eigenvalue weighted by Crippen LogP contribution is -2.44. The summed E-state index contributed by atoms with van der Waals surface area (Å²) in [5.41, 5.74) is 6.40. The van der Waals surface area contributed by atoms with Crippen LogP contribution in [0.25, 0.3) is 10.9 Å². The van der Waals surface area contributed by atoms with Crippen LogP contribution >= 0.6 is 0 Å². The molecular formula is C34H42N2O3. The van der Waals surface area contributed by atoms with E-state index in [1.165, 1.54) is 33.2 Å². The van der Waals surface area contributed by atoms with Crippen molar-refractivity contribution in [2.24, 2.45) is 23.2 Å². The van der Waals surface area contributed by atoms with Crippen molar-refractivity contribution in [1.29, 1.82) is 0 Å². The van der Waals surface area contributed by atoms with Crippen molar-refractivity contribution in [1.82, 2.24) is 10.3 Å². The SMILES string of the molecule is COc1ccc2c(c1)CCC1C2CC[C@]2(C)C(=O)C[C@@H](CCCC(=O)NCCc3c[nH]c4c(C)cccc34)C12. The molecule has 0 spiro atoms. The number of hydrogen-bond donors (Lipinski definition) is 2. The topological polar surface area (TPSA) is 71.2 Å². The first-order valence-electron chi connectivity index (χ1n) is 14.9. The van der Waals surface area contributed by atoms with Gasteiger partial charge in [0, 0.05) is 41.9 Å². The number of aromatic nitrogens is 1. The highest BCUT2D eigenvalue weighted by atomic mass is 16.5. The molecule has 3 aromatic rings. The average molecular weight is 527 g/mol. The van der Waals surface area contributed by atoms with Gasteiger partial charge in [-0.2, -0.15) is 0 Å². The van der Waals surface area contributed by atoms with E-state index >= 15 is 0 Å². The Labute approximate surface area is 232 Å². The molecule has 3 aliphatic rings. The third-order valence-electron chi connectivity index (χ3n) is 10.5. The van der Waals surface area contributed by atoms with Crippen LogP contribution in [0.3, 0.4) is 0 Å². The van der Waals surface area contributed by atoms with Gasteiger partial charge in [-0.05, 0) is 110 Å². The fourth-order valence-electron chi connectivity index (χ4n) is 8.53. The molecule has 3 unspecified atom stereocenters. The zero-order chi connectivity index (χ0) is 27.1. The summed E-state index contributed by atoms with van der Waals surface area (Å²) in [6.07, 6.45) is 10.3. The molecule has 0 aliphatic heterocycles. The Morgan fingerprint density at radius 2 is 2.08 bits per heavy atom. The minimum absolute atomic E-state index is 0.125. The summed E-state index contributed by atoms with van der Waals surface area (Å²) in [7, 11) is 1.74. The Balaban J connectivity index is 1.05. The summed E-state index contributed by atoms with van der Waals surface area (Å²) in [4.78, 5) is 29.4. The van der Waals surface area contributed by atoms with Crippen LogP contribution in [0.5, 0.6) is 5.75 Å². The van der Waals surface area contributed by atoms with Crippen molar-refractivity contribution in [3.05, 3.63) is 64.8 Å². The molecule has 0 saturated heterocycles. The van der Waals surface area contributed by atoms with Crippen molar-refractivity contribution in [2.75, 3.05) is 13.7 Å². The highest BCUT2D eigenvalue weighted by Crippen LogP contribution is 2.62. The van der Waals surface area contributed by atoms with E-state index in [0.717, 1.165) is 50.7 Å². The molecule has 1 heterocycles. The van der Waals surface area contributed by atoms with Gasteiger partial charge in [0.15, 0.2) is 0 Å². The lowest BCUT2D eigenvalue weighted by molar-refractivity contribution is -0.129. The van der Waals surface area contributed by atoms with Gasteiger partial charge in [-0.1, -0.05) is 31.2 Å². The van der Waals surface area contributed by atoms with Crippen molar-refractivity contribution in [2.45, 2.75) is 77.6 Å². The molecule has 1 aromatic heterocycles. The normalized spacial score (nSPS) is 27.6. The molecule has 39 heavy (non-hydrogen) atoms. The highest BCUT2D eigenvalue weighted by Gasteiger charge is 2.58. The number of ether oxygens (including phenoxy) is 1. The molecule has 3 aliphatic carbocycles. The van der Waals surface area contributed by atoms with Crippen LogP contribution in [0.15, 0.2) is 42.6 Å². The van der Waals surface area contributed by atoms with E-state index in [9.17, 15) is 9.59 Å². The number of H-pyrrole nitrogens is 1. The third kappa shape index (κ3) is 4.68. The fourth-order valence-corrected chi connectivity index (χ4v) is 8.53. The number of para-hydroxylation sites is 1. The molecular weight excluding hydrogens is 484 g/mol. The van der Waals surface area contributed by atoms with Gasteiger partial charge in [-0.3, -0.25) is 9.59 Å². The van der Waals surface area contributed by atoms with Crippen LogP contribution in [0, 0.1) is 30.1 Å². The van der Waals surface area contributed by atoms with Gasteiger partial charge in [-0.25, -0.2) is 0 Å². The number of rotatable bonds is 8. The molecule has 2 fully saturated rings. The van der Waals surface area contributed by atoms with E-state index in [1.54, 1.807) is 7.11 Å². The van der Waals surface area contributed by atoms with E-state index in [4.69, 9.17) is 4.74 Å². The molecule has 5 atom stereocenters. The van der Waals surface area contributed by atoms with E-state index in [0.29, 0.717) is 48.8 Å². The number of Topliss-reactive ketones (excluding diaryl/α,β-unsaturated/α-hetero) is 1. The summed E-state index contributed by atoms with van der Waals surface area (Å²) in [6, 6.07) is 12.9. The maximum absolute atomic E-state index is 13.3. The molecule has 6 rings (SSSR count). The Morgan fingerprint density at radius 1 is 1.21 bits per heavy atom. The summed E-state index contributed by atoms with van der Waals surface area (Å²) >= 11 is 0. The number of amides is 1. The number of fused-ring (bicyclic) bond motifs is 6. The van der Waals surface area contributed by atoms with Gasteiger partial charge in [0.25, 0.3) is 0 Å². The highest BCUT2D eigenvalue weighted by molar-refractivity contribution is 5.88. The zero-order valence-electron chi connectivity index (χ0n) is 23.6. The summed E-state index contributed by atoms with van der Waals surface area (Å²) < 4.78 is 5.48. The molecule has 2 saturated carbocycles. The van der Waals surface area contributed by atoms with E-state index in [2.05, 4.69) is 66.7 Å². The largest absolute Gasteiger partial charge is 0.497 e. The number of carbonyl (C=O) groups excluding carboxylic acids is 2. The van der Waals surface area contributed by atoms with Crippen molar-refractivity contribution < 1.29 is 14.3 Å². The van der Waals surface area contributed by atoms with Gasteiger partial charge in [0.2, 0.25) is 5.91 Å². The van der Waals surface area contributed by atoms with E-state index in [1.807, 2.05) is 0 Å². The van der Waals surface area contributed by atoms with Crippen LogP contribution in [-0.4, -0.2) is 30.3 Å². The number of carbonyl (C=O) groups is 2. The third-order valence-corrected chi connectivity index (χ3v) is 10.5. The fraction of sp³-hybridized carbons (Fsp3) is 0.529. The van der Waals surface area contributed by atoms with Crippen molar-refractivity contribution in [3.8, 4) is 5.75 Å². The van der Waals surface area contributed by atoms with Crippen LogP contribution < -0.4 is 10.1 Å². The minimum Gasteiger partial charge on any atom is -0.497 e. The Bertz CT molecular complexity index is 1390. The second-order valence-corrected chi connectivity index (χ2v) is 12.5. The number of ketones is 1. The Hall–Kier alpha value is -3.08. The predicted octanol–water partition coefficient (Wildman–Crippen LogP) is 6.67. The molecule has 1 amide bonds. The van der Waals surface area contributed by atoms with E-state index in [-0.39, 0.29) is 11.3 Å². The molecule has 0 radical (unpaired) electrons. The molecule has 5 heteroatoms. The van der Waals surface area contributed by atoms with Crippen LogP contribution in [0.2, 0.25) is 0 Å². The van der Waals surface area contributed by atoms with Crippen molar-refractivity contribution >= 4 is 22.6 Å². The molecule has 0 bridgehead atoms. The minimum atomic E-state index is -0.185. The predicted molar refractivity (Wildman–Crippen MR) is 155 cm³/mol. The zero-order valence-corrected chi connectivity index (χ0v) is 23.6. The summed E-state index contributed by atoms with van der Waals surface area (Å²) in [5.74, 6) is 3.48. The number of nitrogens with one attached hydrogen (secondary N) is 2. The maximum Gasteiger partial charge on any atom is 0.220 e. The smallest absolute Gasteiger partial charge is 0.220 e. The standard InChI is InChI=1S/C34H42N2O3/c1-21-6-4-8-27-24(20-36-33(21)27)15-17-35-31(38)9-5-7-23-19-30(37)34(2)16-14-28-26-13-11-25(39-3)18-22(26)10-12-29(28)32(23)34/h4,6,8,11,13,18,20,23,28-29,32,36H,5,7,9-10,12,14-17,19H2,1-3H3,(H,35,38)/t23-,28?,29?,32?,34-/m1/s1. The Morgan fingerprint density at radius 3 is 2.92 bits per heavy atom. The summed E-state index contributed by atoms with van der Waals surface area (Å²) in [5, 5.41) is 4.38. The Kier molecular flexibility index (Phi) is 7.03. The lowest BCUT2D eigenvalue weighted by atomic mass is 9.54. The quantitative estimate of drug-likeness (QED) is 0.345. The van der Waals surface area contributed by atoms with Crippen LogP contribution in [0.1, 0.15) is 80.0 Å². The molecule has 2 aromatic carbocycles. The molecule has 2 N–H and O–H groups in total. The monoisotopic (exact) mass is 526 g/mol. The second kappa shape index (κ2) is 10.5. The maximum atomic E-state index is 13.3. The first-order chi connectivity index (χ1) is 18.9. The average Bonchev–Trinajstić information content (AvgIpc) is 3.47. The van der Waals surface area contributed by atoms with Crippen molar-refractivity contribution in [3.63, 3.8) is 0 Å². The van der Waals surface area contributed by atoms with E-state index < -0.39 is 0 Å². The first kappa shape index (κ1) is 26.2. The van der Waals surface area contributed by atoms with Gasteiger partial charge in [0.1, 0.15) is 11.5 Å². The first-order valence-corrected chi connectivity index (χ1v) is 14.9. The van der Waals surface area contributed by atoms with Gasteiger partial charge < -0.3 is 15.0 Å². The number of methoxy groups -OCH3 is 1. The number of benzene rings is 2. The number of hydrogen-bond acceptors (Lipinski definition) is 3. The van der Waals surface area contributed by atoms with Gasteiger partial charge in [-0.15, -0.1) is 0 Å². The second-order valence-electron chi connectivity index (χ2n) is 12.5. The van der Waals surface area contributed by atoms with Crippen LogP contribution in [-0.2, 0) is 22.4 Å². The van der Waals surface area contributed by atoms with Gasteiger partial charge >= 0.3 is 0 Å².